The van der Waals surface area contributed by atoms with Crippen LogP contribution in [0.2, 0.25) is 0 Å². The highest BCUT2D eigenvalue weighted by Crippen LogP contribution is 2.35. The first-order valence-corrected chi connectivity index (χ1v) is 8.28. The monoisotopic (exact) mass is 310 g/mol. The van der Waals surface area contributed by atoms with Crippen molar-refractivity contribution in [3.8, 4) is 0 Å². The molecule has 6 nitrogen and oxygen atoms in total. The lowest BCUT2D eigenvalue weighted by Gasteiger charge is -2.35. The van der Waals surface area contributed by atoms with Crippen LogP contribution in [0.25, 0.3) is 0 Å². The molecule has 6 heteroatoms. The number of hydrogen-bond donors (Lipinski definition) is 1. The van der Waals surface area contributed by atoms with Gasteiger partial charge in [0, 0.05) is 38.8 Å². The normalized spacial score (nSPS) is 23.7. The second kappa shape index (κ2) is 5.77. The summed E-state index contributed by atoms with van der Waals surface area (Å²) in [7, 11) is 0. The standard InChI is InChI=1S/C17H22N6/c1-12-3-4-14-15(11-12)23-17(20-13(2)5-6-19-23)16(21-14)22-9-7-18-8-10-22/h3-4,6,11,13,18H,5,7-10H2,1-2H3. The van der Waals surface area contributed by atoms with Gasteiger partial charge < -0.3 is 10.2 Å². The van der Waals surface area contributed by atoms with E-state index in [1.807, 2.05) is 11.2 Å². The molecule has 0 saturated carbocycles. The Morgan fingerprint density at radius 2 is 2.00 bits per heavy atom. The second-order valence-corrected chi connectivity index (χ2v) is 6.31. The van der Waals surface area contributed by atoms with Gasteiger partial charge in [0.2, 0.25) is 0 Å². The predicted octanol–water partition coefficient (Wildman–Crippen LogP) is 1.93. The fourth-order valence-corrected chi connectivity index (χ4v) is 3.13. The molecule has 1 fully saturated rings. The van der Waals surface area contributed by atoms with E-state index in [0.717, 1.165) is 55.6 Å². The Labute approximate surface area is 136 Å². The van der Waals surface area contributed by atoms with Crippen LogP contribution >= 0.6 is 0 Å². The third-order valence-corrected chi connectivity index (χ3v) is 4.39. The summed E-state index contributed by atoms with van der Waals surface area (Å²) < 4.78 is 0. The number of benzene rings is 1. The molecule has 0 amide bonds. The van der Waals surface area contributed by atoms with Crippen LogP contribution in [0.15, 0.2) is 33.3 Å². The number of piperazine rings is 1. The number of nitrogens with zero attached hydrogens (tertiary/aromatic N) is 5. The number of anilines is 1. The van der Waals surface area contributed by atoms with Gasteiger partial charge in [-0.25, -0.2) is 10.0 Å². The summed E-state index contributed by atoms with van der Waals surface area (Å²) in [5.74, 6) is 1.83. The van der Waals surface area contributed by atoms with Crippen LogP contribution < -0.4 is 10.3 Å². The average Bonchev–Trinajstić information content (AvgIpc) is 2.76. The number of hydrazone groups is 1. The van der Waals surface area contributed by atoms with Gasteiger partial charge >= 0.3 is 0 Å². The van der Waals surface area contributed by atoms with Crippen LogP contribution in [0.4, 0.5) is 11.4 Å². The summed E-state index contributed by atoms with van der Waals surface area (Å²) in [5.41, 5.74) is 3.19. The first-order valence-electron chi connectivity index (χ1n) is 8.28. The molecule has 1 saturated heterocycles. The Morgan fingerprint density at radius 3 is 2.83 bits per heavy atom. The zero-order chi connectivity index (χ0) is 15.8. The molecular weight excluding hydrogens is 288 g/mol. The lowest BCUT2D eigenvalue weighted by atomic mass is 10.1. The van der Waals surface area contributed by atoms with Crippen molar-refractivity contribution in [2.75, 3.05) is 31.2 Å². The molecule has 0 radical (unpaired) electrons. The van der Waals surface area contributed by atoms with Crippen molar-refractivity contribution in [2.45, 2.75) is 26.3 Å². The maximum absolute atomic E-state index is 4.94. The average molecular weight is 310 g/mol. The Balaban J connectivity index is 1.85. The molecule has 4 rings (SSSR count). The topological polar surface area (TPSA) is 55.6 Å². The summed E-state index contributed by atoms with van der Waals surface area (Å²) in [4.78, 5) is 12.2. The van der Waals surface area contributed by atoms with Crippen molar-refractivity contribution in [3.05, 3.63) is 23.8 Å². The quantitative estimate of drug-likeness (QED) is 0.796. The van der Waals surface area contributed by atoms with Gasteiger partial charge in [-0.3, -0.25) is 4.99 Å². The number of fused-ring (bicyclic) bond motifs is 3. The Morgan fingerprint density at radius 1 is 1.17 bits per heavy atom. The Bertz CT molecular complexity index is 699. The number of aliphatic imine (C=N–C) groups is 2. The van der Waals surface area contributed by atoms with Gasteiger partial charge in [-0.05, 0) is 31.5 Å². The first kappa shape index (κ1) is 14.4. The van der Waals surface area contributed by atoms with E-state index in [1.165, 1.54) is 5.56 Å². The maximum atomic E-state index is 4.94. The van der Waals surface area contributed by atoms with Crippen molar-refractivity contribution in [3.63, 3.8) is 0 Å². The fourth-order valence-electron chi connectivity index (χ4n) is 3.13. The van der Waals surface area contributed by atoms with Crippen molar-refractivity contribution in [1.29, 1.82) is 0 Å². The van der Waals surface area contributed by atoms with Crippen molar-refractivity contribution >= 4 is 29.3 Å². The summed E-state index contributed by atoms with van der Waals surface area (Å²) >= 11 is 0. The molecule has 0 aliphatic carbocycles. The van der Waals surface area contributed by atoms with Crippen LogP contribution in [0.3, 0.4) is 0 Å². The van der Waals surface area contributed by atoms with Crippen molar-refractivity contribution < 1.29 is 0 Å². The highest BCUT2D eigenvalue weighted by Gasteiger charge is 2.32. The zero-order valence-corrected chi connectivity index (χ0v) is 13.7. The van der Waals surface area contributed by atoms with Crippen LogP contribution in [0, 0.1) is 6.92 Å². The van der Waals surface area contributed by atoms with E-state index in [-0.39, 0.29) is 6.04 Å². The Kier molecular flexibility index (Phi) is 3.61. The minimum atomic E-state index is 0.221. The van der Waals surface area contributed by atoms with E-state index in [2.05, 4.69) is 47.4 Å². The lowest BCUT2D eigenvalue weighted by Crippen LogP contribution is -2.52. The van der Waals surface area contributed by atoms with Gasteiger partial charge in [0.1, 0.15) is 0 Å². The van der Waals surface area contributed by atoms with Gasteiger partial charge in [-0.2, -0.15) is 5.10 Å². The van der Waals surface area contributed by atoms with Gasteiger partial charge in [-0.1, -0.05) is 6.07 Å². The van der Waals surface area contributed by atoms with E-state index in [1.54, 1.807) is 0 Å². The van der Waals surface area contributed by atoms with Crippen LogP contribution in [-0.4, -0.2) is 55.0 Å². The maximum Gasteiger partial charge on any atom is 0.193 e. The number of amidine groups is 2. The summed E-state index contributed by atoms with van der Waals surface area (Å²) in [6.45, 7) is 8.08. The fraction of sp³-hybridized carbons (Fsp3) is 0.471. The number of rotatable bonds is 0. The summed E-state index contributed by atoms with van der Waals surface area (Å²) in [6.07, 6.45) is 2.82. The van der Waals surface area contributed by atoms with Crippen LogP contribution in [-0.2, 0) is 0 Å². The molecule has 1 unspecified atom stereocenters. The van der Waals surface area contributed by atoms with E-state index in [9.17, 15) is 0 Å². The molecule has 3 aliphatic heterocycles. The van der Waals surface area contributed by atoms with E-state index >= 15 is 0 Å². The minimum Gasteiger partial charge on any atom is -0.351 e. The SMILES string of the molecule is Cc1ccc2c(c1)N1N=CCC(C)N=C1C(N1CCNCC1)=N2. The predicted molar refractivity (Wildman–Crippen MR) is 95.2 cm³/mol. The molecule has 0 aromatic heterocycles. The van der Waals surface area contributed by atoms with E-state index < -0.39 is 0 Å². The smallest absolute Gasteiger partial charge is 0.193 e. The number of aryl methyl sites for hydroxylation is 1. The van der Waals surface area contributed by atoms with Gasteiger partial charge in [-0.15, -0.1) is 0 Å². The molecule has 1 aromatic carbocycles. The van der Waals surface area contributed by atoms with Crippen LogP contribution in [0.5, 0.6) is 0 Å². The largest absolute Gasteiger partial charge is 0.351 e. The summed E-state index contributed by atoms with van der Waals surface area (Å²) in [5, 5.41) is 10.0. The highest BCUT2D eigenvalue weighted by molar-refractivity contribution is 6.47. The van der Waals surface area contributed by atoms with Crippen molar-refractivity contribution in [2.24, 2.45) is 15.1 Å². The molecule has 1 atom stereocenters. The molecule has 120 valence electrons. The molecule has 0 bridgehead atoms. The van der Waals surface area contributed by atoms with Gasteiger partial charge in [0.05, 0.1) is 17.4 Å². The molecule has 3 heterocycles. The zero-order valence-electron chi connectivity index (χ0n) is 13.7. The van der Waals surface area contributed by atoms with Gasteiger partial charge in [0.15, 0.2) is 11.7 Å². The second-order valence-electron chi connectivity index (χ2n) is 6.31. The first-order chi connectivity index (χ1) is 11.2. The summed E-state index contributed by atoms with van der Waals surface area (Å²) in [6, 6.07) is 6.53. The molecule has 1 aromatic rings. The van der Waals surface area contributed by atoms with Crippen molar-refractivity contribution in [1.82, 2.24) is 10.2 Å². The number of hydrogen-bond acceptors (Lipinski definition) is 6. The lowest BCUT2D eigenvalue weighted by molar-refractivity contribution is 0.360. The minimum absolute atomic E-state index is 0.221. The number of nitrogens with one attached hydrogen (secondary N) is 1. The molecule has 0 spiro atoms. The highest BCUT2D eigenvalue weighted by atomic mass is 15.5. The molecular formula is C17H22N6. The third-order valence-electron chi connectivity index (χ3n) is 4.39. The molecule has 23 heavy (non-hydrogen) atoms. The van der Waals surface area contributed by atoms with Crippen LogP contribution in [0.1, 0.15) is 18.9 Å². The van der Waals surface area contributed by atoms with E-state index in [0.29, 0.717) is 0 Å². The Hall–Kier alpha value is -2.21. The molecule has 3 aliphatic rings. The third kappa shape index (κ3) is 2.63. The van der Waals surface area contributed by atoms with E-state index in [4.69, 9.17) is 9.98 Å². The molecule has 1 N–H and O–H groups in total. The van der Waals surface area contributed by atoms with Gasteiger partial charge in [0.25, 0.3) is 0 Å².